The molecule has 2 aliphatic rings. The highest BCUT2D eigenvalue weighted by molar-refractivity contribution is 5.69. The second kappa shape index (κ2) is 5.12. The zero-order valence-corrected chi connectivity index (χ0v) is 12.7. The summed E-state index contributed by atoms with van der Waals surface area (Å²) in [4.78, 5) is 14.3. The summed E-state index contributed by atoms with van der Waals surface area (Å²) in [6.07, 6.45) is 5.88. The Morgan fingerprint density at radius 2 is 2.00 bits per heavy atom. The van der Waals surface area contributed by atoms with Gasteiger partial charge in [-0.25, -0.2) is 4.79 Å². The highest BCUT2D eigenvalue weighted by atomic mass is 16.6. The lowest BCUT2D eigenvalue weighted by Gasteiger charge is -2.44. The van der Waals surface area contributed by atoms with Crippen LogP contribution in [0.25, 0.3) is 0 Å². The molecule has 2 rings (SSSR count). The van der Waals surface area contributed by atoms with E-state index in [0.717, 1.165) is 25.7 Å². The van der Waals surface area contributed by atoms with Crippen molar-refractivity contribution in [1.29, 1.82) is 5.26 Å². The van der Waals surface area contributed by atoms with Crippen molar-refractivity contribution < 1.29 is 9.53 Å². The van der Waals surface area contributed by atoms with Crippen LogP contribution in [0.5, 0.6) is 0 Å². The largest absolute Gasteiger partial charge is 0.444 e. The van der Waals surface area contributed by atoms with Gasteiger partial charge in [-0.3, -0.25) is 0 Å². The molecular weight excluding hydrogens is 252 g/mol. The quantitative estimate of drug-likeness (QED) is 0.724. The molecule has 0 aromatic rings. The summed E-state index contributed by atoms with van der Waals surface area (Å²) in [5.74, 6) is 0. The second-order valence-electron chi connectivity index (χ2n) is 7.08. The lowest BCUT2D eigenvalue weighted by molar-refractivity contribution is -0.00449. The van der Waals surface area contributed by atoms with Gasteiger partial charge >= 0.3 is 6.09 Å². The number of piperidine rings is 1. The van der Waals surface area contributed by atoms with E-state index in [1.54, 1.807) is 0 Å². The topological polar surface area (TPSA) is 53.3 Å². The van der Waals surface area contributed by atoms with Crippen molar-refractivity contribution in [2.45, 2.75) is 70.6 Å². The van der Waals surface area contributed by atoms with Gasteiger partial charge in [0.1, 0.15) is 5.60 Å². The van der Waals surface area contributed by atoms with Crippen molar-refractivity contribution in [2.75, 3.05) is 0 Å². The van der Waals surface area contributed by atoms with Crippen molar-refractivity contribution in [3.63, 3.8) is 0 Å². The number of hydrogen-bond acceptors (Lipinski definition) is 3. The van der Waals surface area contributed by atoms with Crippen LogP contribution >= 0.6 is 0 Å². The molecule has 2 saturated heterocycles. The number of fused-ring (bicyclic) bond motifs is 2. The van der Waals surface area contributed by atoms with Crippen molar-refractivity contribution >= 4 is 6.09 Å². The summed E-state index contributed by atoms with van der Waals surface area (Å²) < 4.78 is 5.52. The fourth-order valence-electron chi connectivity index (χ4n) is 3.54. The zero-order chi connectivity index (χ0) is 15.0. The number of nitrogens with zero attached hydrogens (tertiary/aromatic N) is 2. The third-order valence-corrected chi connectivity index (χ3v) is 4.37. The molecule has 0 radical (unpaired) electrons. The summed E-state index contributed by atoms with van der Waals surface area (Å²) in [6.45, 7) is 9.58. The average molecular weight is 276 g/mol. The van der Waals surface area contributed by atoms with Crippen molar-refractivity contribution in [3.05, 3.63) is 12.7 Å². The number of amides is 1. The van der Waals surface area contributed by atoms with E-state index >= 15 is 0 Å². The first kappa shape index (κ1) is 14.9. The Kier molecular flexibility index (Phi) is 3.82. The van der Waals surface area contributed by atoms with Crippen LogP contribution in [0.4, 0.5) is 4.79 Å². The van der Waals surface area contributed by atoms with Crippen LogP contribution < -0.4 is 0 Å². The van der Waals surface area contributed by atoms with Crippen LogP contribution in [0.1, 0.15) is 52.9 Å². The molecule has 4 heteroatoms. The van der Waals surface area contributed by atoms with Crippen LogP contribution in [0, 0.1) is 16.7 Å². The Bertz CT molecular complexity index is 430. The summed E-state index contributed by atoms with van der Waals surface area (Å²) in [5, 5.41) is 9.03. The van der Waals surface area contributed by atoms with Gasteiger partial charge in [-0.1, -0.05) is 6.08 Å². The SMILES string of the molecule is C=C[C@@]1(CC#N)C[C@H]2CC[C@@H](C1)N2C(=O)OC(C)(C)C. The second-order valence-corrected chi connectivity index (χ2v) is 7.08. The number of carbonyl (C=O) groups is 1. The predicted octanol–water partition coefficient (Wildman–Crippen LogP) is 3.63. The Morgan fingerprint density at radius 1 is 1.45 bits per heavy atom. The summed E-state index contributed by atoms with van der Waals surface area (Å²) in [7, 11) is 0. The Labute approximate surface area is 121 Å². The molecule has 2 heterocycles. The van der Waals surface area contributed by atoms with Gasteiger partial charge in [0.2, 0.25) is 0 Å². The maximum absolute atomic E-state index is 12.3. The smallest absolute Gasteiger partial charge is 0.410 e. The van der Waals surface area contributed by atoms with Gasteiger partial charge in [-0.05, 0) is 46.5 Å². The van der Waals surface area contributed by atoms with E-state index in [4.69, 9.17) is 10.00 Å². The summed E-state index contributed by atoms with van der Waals surface area (Å²) in [5.41, 5.74) is -0.588. The monoisotopic (exact) mass is 276 g/mol. The minimum Gasteiger partial charge on any atom is -0.444 e. The first-order chi connectivity index (χ1) is 9.30. The number of hydrogen-bond donors (Lipinski definition) is 0. The van der Waals surface area contributed by atoms with Crippen molar-refractivity contribution in [3.8, 4) is 6.07 Å². The van der Waals surface area contributed by atoms with E-state index < -0.39 is 5.60 Å². The number of nitriles is 1. The predicted molar refractivity (Wildman–Crippen MR) is 77.0 cm³/mol. The van der Waals surface area contributed by atoms with Gasteiger partial charge in [0, 0.05) is 23.9 Å². The molecule has 2 fully saturated rings. The molecule has 2 bridgehead atoms. The van der Waals surface area contributed by atoms with Gasteiger partial charge in [-0.15, -0.1) is 6.58 Å². The molecule has 0 unspecified atom stereocenters. The molecule has 0 aliphatic carbocycles. The van der Waals surface area contributed by atoms with E-state index in [2.05, 4.69) is 12.6 Å². The molecule has 1 amide bonds. The number of carbonyl (C=O) groups excluding carboxylic acids is 1. The fourth-order valence-corrected chi connectivity index (χ4v) is 3.54. The average Bonchev–Trinajstić information content (AvgIpc) is 2.61. The Morgan fingerprint density at radius 3 is 2.40 bits per heavy atom. The maximum Gasteiger partial charge on any atom is 0.410 e. The minimum atomic E-state index is -0.462. The standard InChI is InChI=1S/C16H24N2O2/c1-5-16(8-9-17)10-12-6-7-13(11-16)18(12)14(19)20-15(2,3)4/h5,12-13H,1,6-8,10-11H2,2-4H3/t12-,13+,16-. The fraction of sp³-hybridized carbons (Fsp3) is 0.750. The van der Waals surface area contributed by atoms with Gasteiger partial charge in [-0.2, -0.15) is 5.26 Å². The van der Waals surface area contributed by atoms with Crippen LogP contribution in [-0.2, 0) is 4.74 Å². The first-order valence-electron chi connectivity index (χ1n) is 7.32. The molecular formula is C16H24N2O2. The normalized spacial score (nSPS) is 32.6. The van der Waals surface area contributed by atoms with Gasteiger partial charge < -0.3 is 9.64 Å². The van der Waals surface area contributed by atoms with Gasteiger partial charge in [0.15, 0.2) is 0 Å². The molecule has 0 spiro atoms. The lowest BCUT2D eigenvalue weighted by atomic mass is 9.73. The molecule has 0 aromatic carbocycles. The van der Waals surface area contributed by atoms with E-state index in [1.807, 2.05) is 31.7 Å². The minimum absolute atomic E-state index is 0.126. The lowest BCUT2D eigenvalue weighted by Crippen LogP contribution is -2.51. The molecule has 0 saturated carbocycles. The van der Waals surface area contributed by atoms with Crippen LogP contribution in [0.3, 0.4) is 0 Å². The molecule has 0 aromatic heterocycles. The van der Waals surface area contributed by atoms with Gasteiger partial charge in [0.25, 0.3) is 0 Å². The van der Waals surface area contributed by atoms with E-state index in [0.29, 0.717) is 6.42 Å². The number of allylic oxidation sites excluding steroid dienone is 1. The first-order valence-corrected chi connectivity index (χ1v) is 7.32. The van der Waals surface area contributed by atoms with E-state index in [9.17, 15) is 4.79 Å². The van der Waals surface area contributed by atoms with Gasteiger partial charge in [0.05, 0.1) is 6.07 Å². The van der Waals surface area contributed by atoms with Crippen LogP contribution in [0.2, 0.25) is 0 Å². The Hall–Kier alpha value is -1.50. The maximum atomic E-state index is 12.3. The van der Waals surface area contributed by atoms with Crippen molar-refractivity contribution in [2.24, 2.45) is 5.41 Å². The number of rotatable bonds is 2. The van der Waals surface area contributed by atoms with E-state index in [-0.39, 0.29) is 23.6 Å². The third-order valence-electron chi connectivity index (χ3n) is 4.37. The molecule has 20 heavy (non-hydrogen) atoms. The highest BCUT2D eigenvalue weighted by Gasteiger charge is 2.49. The molecule has 2 aliphatic heterocycles. The Balaban J connectivity index is 2.13. The van der Waals surface area contributed by atoms with Crippen LogP contribution in [0.15, 0.2) is 12.7 Å². The zero-order valence-electron chi connectivity index (χ0n) is 12.7. The molecule has 0 N–H and O–H groups in total. The summed E-state index contributed by atoms with van der Waals surface area (Å²) in [6, 6.07) is 2.65. The van der Waals surface area contributed by atoms with Crippen molar-refractivity contribution in [1.82, 2.24) is 4.90 Å². The molecule has 4 nitrogen and oxygen atoms in total. The summed E-state index contributed by atoms with van der Waals surface area (Å²) >= 11 is 0. The van der Waals surface area contributed by atoms with Crippen LogP contribution in [-0.4, -0.2) is 28.7 Å². The molecule has 110 valence electrons. The highest BCUT2D eigenvalue weighted by Crippen LogP contribution is 2.48. The number of ether oxygens (including phenoxy) is 1. The molecule has 3 atom stereocenters. The third kappa shape index (κ3) is 2.82. The van der Waals surface area contributed by atoms with E-state index in [1.165, 1.54) is 0 Å².